The first-order valence-corrected chi connectivity index (χ1v) is 7.51. The van der Waals surface area contributed by atoms with Crippen LogP contribution in [0.15, 0.2) is 18.2 Å². The Hall–Kier alpha value is -1.06. The molecule has 1 aromatic carbocycles. The Morgan fingerprint density at radius 1 is 1.40 bits per heavy atom. The van der Waals surface area contributed by atoms with Gasteiger partial charge in [-0.15, -0.1) is 0 Å². The van der Waals surface area contributed by atoms with Crippen LogP contribution in [0, 0.1) is 0 Å². The fraction of sp³-hybridized carbons (Fsp3) is 0.647. The number of fused-ring (bicyclic) bond motifs is 1. The normalized spacial score (nSPS) is 22.1. The number of likely N-dealkylation sites (N-methyl/N-ethyl adjacent to an activating group) is 2. The van der Waals surface area contributed by atoms with Crippen molar-refractivity contribution >= 4 is 0 Å². The van der Waals surface area contributed by atoms with E-state index in [4.69, 9.17) is 4.74 Å². The van der Waals surface area contributed by atoms with E-state index in [-0.39, 0.29) is 5.54 Å². The highest BCUT2D eigenvalue weighted by Crippen LogP contribution is 2.38. The number of nitrogens with one attached hydrogen (secondary N) is 1. The van der Waals surface area contributed by atoms with Gasteiger partial charge in [0, 0.05) is 17.6 Å². The molecule has 0 bridgehead atoms. The van der Waals surface area contributed by atoms with E-state index < -0.39 is 0 Å². The van der Waals surface area contributed by atoms with Gasteiger partial charge in [0.2, 0.25) is 0 Å². The molecular formula is C17H28N2O. The zero-order chi connectivity index (χ0) is 14.9. The number of ether oxygens (including phenoxy) is 1. The van der Waals surface area contributed by atoms with Crippen molar-refractivity contribution in [3.63, 3.8) is 0 Å². The van der Waals surface area contributed by atoms with Crippen LogP contribution in [0.5, 0.6) is 5.75 Å². The molecule has 1 aliphatic carbocycles. The highest BCUT2D eigenvalue weighted by molar-refractivity contribution is 5.43. The lowest BCUT2D eigenvalue weighted by Gasteiger charge is -2.41. The van der Waals surface area contributed by atoms with Crippen molar-refractivity contribution in [2.24, 2.45) is 0 Å². The summed E-state index contributed by atoms with van der Waals surface area (Å²) in [6.07, 6.45) is 2.25. The maximum Gasteiger partial charge on any atom is 0.119 e. The molecule has 0 radical (unpaired) electrons. The van der Waals surface area contributed by atoms with E-state index in [0.717, 1.165) is 18.6 Å². The first kappa shape index (κ1) is 15.3. The minimum Gasteiger partial charge on any atom is -0.497 e. The molecule has 1 aliphatic rings. The van der Waals surface area contributed by atoms with Gasteiger partial charge in [0.05, 0.1) is 7.11 Å². The summed E-state index contributed by atoms with van der Waals surface area (Å²) in [7, 11) is 6.04. The predicted molar refractivity (Wildman–Crippen MR) is 84.4 cm³/mol. The van der Waals surface area contributed by atoms with E-state index in [1.807, 2.05) is 0 Å². The van der Waals surface area contributed by atoms with Crippen LogP contribution in [-0.4, -0.2) is 37.7 Å². The molecule has 1 aromatic rings. The van der Waals surface area contributed by atoms with Gasteiger partial charge in [-0.2, -0.15) is 0 Å². The number of methoxy groups -OCH3 is 1. The van der Waals surface area contributed by atoms with Crippen molar-refractivity contribution in [2.75, 3.05) is 21.2 Å². The van der Waals surface area contributed by atoms with Crippen LogP contribution in [0.3, 0.4) is 0 Å². The molecule has 0 saturated carbocycles. The average molecular weight is 276 g/mol. The summed E-state index contributed by atoms with van der Waals surface area (Å²) in [6, 6.07) is 7.33. The molecule has 112 valence electrons. The van der Waals surface area contributed by atoms with Crippen molar-refractivity contribution in [3.05, 3.63) is 29.3 Å². The average Bonchev–Trinajstić information content (AvgIpc) is 2.83. The van der Waals surface area contributed by atoms with Crippen molar-refractivity contribution in [3.8, 4) is 5.75 Å². The number of nitrogens with zero attached hydrogens (tertiary/aromatic N) is 1. The molecule has 3 heteroatoms. The predicted octanol–water partition coefficient (Wildman–Crippen LogP) is 3.00. The molecule has 0 amide bonds. The quantitative estimate of drug-likeness (QED) is 0.895. The van der Waals surface area contributed by atoms with Crippen LogP contribution in [0.25, 0.3) is 0 Å². The van der Waals surface area contributed by atoms with E-state index in [2.05, 4.69) is 63.3 Å². The summed E-state index contributed by atoms with van der Waals surface area (Å²) in [4.78, 5) is 2.53. The third-order valence-corrected chi connectivity index (χ3v) is 5.13. The number of hydrogen-bond donors (Lipinski definition) is 1. The molecule has 2 unspecified atom stereocenters. The second kappa shape index (κ2) is 5.74. The molecule has 2 atom stereocenters. The molecule has 0 saturated heterocycles. The van der Waals surface area contributed by atoms with E-state index in [1.54, 1.807) is 7.11 Å². The van der Waals surface area contributed by atoms with E-state index >= 15 is 0 Å². The van der Waals surface area contributed by atoms with Crippen LogP contribution >= 0.6 is 0 Å². The van der Waals surface area contributed by atoms with Gasteiger partial charge >= 0.3 is 0 Å². The third-order valence-electron chi connectivity index (χ3n) is 5.13. The molecular weight excluding hydrogens is 248 g/mol. The van der Waals surface area contributed by atoms with Gasteiger partial charge < -0.3 is 10.1 Å². The zero-order valence-corrected chi connectivity index (χ0v) is 13.7. The Kier molecular flexibility index (Phi) is 4.40. The summed E-state index contributed by atoms with van der Waals surface area (Å²) in [5, 5.41) is 3.50. The summed E-state index contributed by atoms with van der Waals surface area (Å²) in [6.45, 7) is 6.91. The maximum absolute atomic E-state index is 5.38. The summed E-state index contributed by atoms with van der Waals surface area (Å²) in [5.41, 5.74) is 3.04. The van der Waals surface area contributed by atoms with Gasteiger partial charge in [0.15, 0.2) is 0 Å². The number of hydrogen-bond acceptors (Lipinski definition) is 3. The summed E-state index contributed by atoms with van der Waals surface area (Å²) >= 11 is 0. The lowest BCUT2D eigenvalue weighted by molar-refractivity contribution is 0.0822. The topological polar surface area (TPSA) is 24.5 Å². The Morgan fingerprint density at radius 3 is 2.65 bits per heavy atom. The Balaban J connectivity index is 2.31. The first-order valence-electron chi connectivity index (χ1n) is 7.51. The molecule has 20 heavy (non-hydrogen) atoms. The van der Waals surface area contributed by atoms with Crippen LogP contribution in [0.1, 0.15) is 44.4 Å². The fourth-order valence-electron chi connectivity index (χ4n) is 3.13. The second-order valence-electron chi connectivity index (χ2n) is 6.38. The van der Waals surface area contributed by atoms with Crippen LogP contribution in [0.4, 0.5) is 0 Å². The summed E-state index contributed by atoms with van der Waals surface area (Å²) < 4.78 is 5.38. The standard InChI is InChI=1S/C17H28N2O/c1-7-17(2,3)19(5)15-10-12-8-9-13(20-6)11-14(12)16(15)18-4/h8-9,11,15-16,18H,7,10H2,1-6H3. The van der Waals surface area contributed by atoms with Crippen LogP contribution in [-0.2, 0) is 6.42 Å². The Bertz CT molecular complexity index is 470. The smallest absolute Gasteiger partial charge is 0.119 e. The molecule has 1 N–H and O–H groups in total. The molecule has 0 fully saturated rings. The highest BCUT2D eigenvalue weighted by atomic mass is 16.5. The molecule has 0 aliphatic heterocycles. The molecule has 2 rings (SSSR count). The second-order valence-corrected chi connectivity index (χ2v) is 6.38. The number of benzene rings is 1. The largest absolute Gasteiger partial charge is 0.497 e. The minimum absolute atomic E-state index is 0.214. The van der Waals surface area contributed by atoms with Gasteiger partial charge in [0.1, 0.15) is 5.75 Å². The third kappa shape index (κ3) is 2.57. The lowest BCUT2D eigenvalue weighted by atomic mass is 9.95. The molecule has 0 spiro atoms. The van der Waals surface area contributed by atoms with E-state index in [9.17, 15) is 0 Å². The minimum atomic E-state index is 0.214. The molecule has 0 aromatic heterocycles. The van der Waals surface area contributed by atoms with Gasteiger partial charge in [-0.1, -0.05) is 13.0 Å². The molecule has 3 nitrogen and oxygen atoms in total. The van der Waals surface area contributed by atoms with Gasteiger partial charge in [-0.25, -0.2) is 0 Å². The highest BCUT2D eigenvalue weighted by Gasteiger charge is 2.38. The lowest BCUT2D eigenvalue weighted by Crippen LogP contribution is -2.50. The fourth-order valence-corrected chi connectivity index (χ4v) is 3.13. The zero-order valence-electron chi connectivity index (χ0n) is 13.7. The van der Waals surface area contributed by atoms with Crippen molar-refractivity contribution in [2.45, 2.75) is 51.2 Å². The maximum atomic E-state index is 5.38. The van der Waals surface area contributed by atoms with Gasteiger partial charge in [-0.3, -0.25) is 4.90 Å². The molecule has 0 heterocycles. The SMILES string of the molecule is CCC(C)(C)N(C)C1Cc2ccc(OC)cc2C1NC. The Labute approximate surface area is 123 Å². The van der Waals surface area contributed by atoms with Gasteiger partial charge in [-0.05, 0) is 64.0 Å². The van der Waals surface area contributed by atoms with E-state index in [1.165, 1.54) is 11.1 Å². The van der Waals surface area contributed by atoms with Crippen molar-refractivity contribution < 1.29 is 4.74 Å². The van der Waals surface area contributed by atoms with Crippen molar-refractivity contribution in [1.82, 2.24) is 10.2 Å². The van der Waals surface area contributed by atoms with Crippen LogP contribution in [0.2, 0.25) is 0 Å². The monoisotopic (exact) mass is 276 g/mol. The van der Waals surface area contributed by atoms with Gasteiger partial charge in [0.25, 0.3) is 0 Å². The van der Waals surface area contributed by atoms with E-state index in [0.29, 0.717) is 12.1 Å². The van der Waals surface area contributed by atoms with Crippen molar-refractivity contribution in [1.29, 1.82) is 0 Å². The van der Waals surface area contributed by atoms with Crippen LogP contribution < -0.4 is 10.1 Å². The summed E-state index contributed by atoms with van der Waals surface area (Å²) in [5.74, 6) is 0.946. The first-order chi connectivity index (χ1) is 9.44. The Morgan fingerprint density at radius 2 is 2.10 bits per heavy atom. The number of rotatable bonds is 5.